The van der Waals surface area contributed by atoms with Crippen molar-refractivity contribution in [2.45, 2.75) is 36.0 Å². The molecule has 0 amide bonds. The zero-order valence-corrected chi connectivity index (χ0v) is 14.8. The molecule has 0 unspecified atom stereocenters. The van der Waals surface area contributed by atoms with Crippen LogP contribution >= 0.6 is 0 Å². The summed E-state index contributed by atoms with van der Waals surface area (Å²) in [5, 5.41) is 0. The van der Waals surface area contributed by atoms with E-state index in [-0.39, 0.29) is 19.1 Å². The van der Waals surface area contributed by atoms with Crippen molar-refractivity contribution in [1.82, 2.24) is 14.2 Å². The van der Waals surface area contributed by atoms with Gasteiger partial charge in [0.2, 0.25) is 10.0 Å². The van der Waals surface area contributed by atoms with Gasteiger partial charge in [-0.1, -0.05) is 0 Å². The molecule has 1 saturated carbocycles. The second-order valence-electron chi connectivity index (χ2n) is 7.04. The number of sulfonamides is 1. The van der Waals surface area contributed by atoms with E-state index in [0.717, 1.165) is 29.4 Å². The summed E-state index contributed by atoms with van der Waals surface area (Å²) in [5.41, 5.74) is -1.36. The normalized spacial score (nSPS) is 28.7. The van der Waals surface area contributed by atoms with E-state index >= 15 is 0 Å². The first-order chi connectivity index (χ1) is 12.3. The minimum atomic E-state index is -4.82. The molecule has 0 spiro atoms. The van der Waals surface area contributed by atoms with Gasteiger partial charge in [-0.15, -0.1) is 0 Å². The van der Waals surface area contributed by atoms with E-state index in [9.17, 15) is 21.6 Å². The Morgan fingerprint density at radius 1 is 1.19 bits per heavy atom. The maximum Gasteiger partial charge on any atom is 0.434 e. The molecule has 2 atom stereocenters. The highest BCUT2D eigenvalue weighted by atomic mass is 32.2. The zero-order chi connectivity index (χ0) is 18.5. The molecule has 0 radical (unpaired) electrons. The summed E-state index contributed by atoms with van der Waals surface area (Å²) < 4.78 is 72.1. The van der Waals surface area contributed by atoms with Crippen LogP contribution in [0.2, 0.25) is 0 Å². The van der Waals surface area contributed by atoms with Crippen molar-refractivity contribution in [3.05, 3.63) is 24.0 Å². The van der Waals surface area contributed by atoms with Gasteiger partial charge in [-0.25, -0.2) is 8.42 Å². The molecule has 10 heteroatoms. The molecule has 1 aromatic heterocycles. The van der Waals surface area contributed by atoms with Crippen molar-refractivity contribution in [2.24, 2.45) is 5.92 Å². The molecule has 0 N–H and O–H groups in total. The van der Waals surface area contributed by atoms with Gasteiger partial charge in [0.1, 0.15) is 4.90 Å². The minimum absolute atomic E-state index is 0.121. The molecule has 0 bridgehead atoms. The summed E-state index contributed by atoms with van der Waals surface area (Å²) in [4.78, 5) is 4.77. The van der Waals surface area contributed by atoms with Gasteiger partial charge in [0.25, 0.3) is 0 Å². The van der Waals surface area contributed by atoms with E-state index in [1.54, 1.807) is 0 Å². The molecule has 3 heterocycles. The summed E-state index contributed by atoms with van der Waals surface area (Å²) in [7, 11) is -4.28. The maximum atomic E-state index is 13.2. The number of hydrogen-bond acceptors (Lipinski definition) is 5. The maximum absolute atomic E-state index is 13.2. The van der Waals surface area contributed by atoms with Crippen LogP contribution in [-0.2, 0) is 20.9 Å². The third-order valence-corrected chi connectivity index (χ3v) is 7.24. The number of hydrogen-bond donors (Lipinski definition) is 0. The monoisotopic (exact) mass is 391 g/mol. The molecule has 3 aliphatic rings. The molecule has 1 aliphatic carbocycles. The predicted molar refractivity (Wildman–Crippen MR) is 85.8 cm³/mol. The summed E-state index contributed by atoms with van der Waals surface area (Å²) in [6, 6.07) is 2.36. The van der Waals surface area contributed by atoms with Crippen LogP contribution in [0.3, 0.4) is 0 Å². The van der Waals surface area contributed by atoms with Crippen LogP contribution < -0.4 is 0 Å². The third-order valence-electron chi connectivity index (χ3n) is 5.34. The number of morpholine rings is 1. The fraction of sp³-hybridized carbons (Fsp3) is 0.688. The molecular formula is C16H20F3N3O3S. The highest BCUT2D eigenvalue weighted by Crippen LogP contribution is 2.39. The van der Waals surface area contributed by atoms with Crippen molar-refractivity contribution < 1.29 is 26.3 Å². The predicted octanol–water partition coefficient (Wildman–Crippen LogP) is 1.58. The molecule has 2 aliphatic heterocycles. The lowest BCUT2D eigenvalue weighted by atomic mass is 10.0. The molecule has 144 valence electrons. The van der Waals surface area contributed by atoms with Crippen molar-refractivity contribution in [1.29, 1.82) is 0 Å². The summed E-state index contributed by atoms with van der Waals surface area (Å²) in [6.45, 7) is 1.87. The molecule has 1 aromatic rings. The number of fused-ring (bicyclic) bond motifs is 1. The second-order valence-corrected chi connectivity index (χ2v) is 8.95. The zero-order valence-electron chi connectivity index (χ0n) is 14.0. The molecule has 3 fully saturated rings. The lowest BCUT2D eigenvalue weighted by molar-refractivity contribution is -0.143. The van der Waals surface area contributed by atoms with Crippen molar-refractivity contribution >= 4 is 10.0 Å². The molecule has 2 saturated heterocycles. The average molecular weight is 391 g/mol. The SMILES string of the molecule is O=S(=O)(c1cccnc1C(F)(F)F)N1CCN2[C@@H](COC[C@@H]2C2CC2)C1. The van der Waals surface area contributed by atoms with Crippen LogP contribution in [-0.4, -0.2) is 67.5 Å². The first-order valence-corrected chi connectivity index (χ1v) is 10.1. The van der Waals surface area contributed by atoms with Crippen LogP contribution in [0.5, 0.6) is 0 Å². The van der Waals surface area contributed by atoms with Gasteiger partial charge in [-0.05, 0) is 30.9 Å². The van der Waals surface area contributed by atoms with Crippen LogP contribution in [0, 0.1) is 5.92 Å². The van der Waals surface area contributed by atoms with E-state index in [1.807, 2.05) is 0 Å². The molecule has 0 aromatic carbocycles. The van der Waals surface area contributed by atoms with Gasteiger partial charge >= 0.3 is 6.18 Å². The fourth-order valence-electron chi connectivity index (χ4n) is 3.90. The Balaban J connectivity index is 1.59. The Morgan fingerprint density at radius 2 is 1.96 bits per heavy atom. The Kier molecular flexibility index (Phi) is 4.49. The quantitative estimate of drug-likeness (QED) is 0.783. The highest BCUT2D eigenvalue weighted by Gasteiger charge is 2.46. The number of alkyl halides is 3. The number of piperazine rings is 1. The van der Waals surface area contributed by atoms with Crippen LogP contribution in [0.15, 0.2) is 23.2 Å². The fourth-order valence-corrected chi connectivity index (χ4v) is 5.54. The van der Waals surface area contributed by atoms with Crippen LogP contribution in [0.4, 0.5) is 13.2 Å². The largest absolute Gasteiger partial charge is 0.434 e. The van der Waals surface area contributed by atoms with Gasteiger partial charge in [0.15, 0.2) is 5.69 Å². The summed E-state index contributed by atoms with van der Waals surface area (Å²) >= 11 is 0. The van der Waals surface area contributed by atoms with E-state index < -0.39 is 26.8 Å². The Hall–Kier alpha value is -1.23. The molecule has 6 nitrogen and oxygen atoms in total. The van der Waals surface area contributed by atoms with Crippen molar-refractivity contribution in [2.75, 3.05) is 32.8 Å². The Labute approximate surface area is 150 Å². The van der Waals surface area contributed by atoms with Gasteiger partial charge in [0, 0.05) is 37.9 Å². The van der Waals surface area contributed by atoms with E-state index in [4.69, 9.17) is 4.74 Å². The number of aromatic nitrogens is 1. The van der Waals surface area contributed by atoms with Crippen LogP contribution in [0.25, 0.3) is 0 Å². The second kappa shape index (κ2) is 6.43. The minimum Gasteiger partial charge on any atom is -0.378 e. The van der Waals surface area contributed by atoms with Gasteiger partial charge in [-0.2, -0.15) is 17.5 Å². The number of halogens is 3. The first kappa shape index (κ1) is 18.1. The van der Waals surface area contributed by atoms with Gasteiger partial charge in [0.05, 0.1) is 13.2 Å². The van der Waals surface area contributed by atoms with Gasteiger partial charge in [-0.3, -0.25) is 9.88 Å². The summed E-state index contributed by atoms with van der Waals surface area (Å²) in [6.07, 6.45) is -1.56. The number of pyridine rings is 1. The van der Waals surface area contributed by atoms with Crippen molar-refractivity contribution in [3.63, 3.8) is 0 Å². The lowest BCUT2D eigenvalue weighted by Gasteiger charge is -2.47. The lowest BCUT2D eigenvalue weighted by Crippen LogP contribution is -2.63. The summed E-state index contributed by atoms with van der Waals surface area (Å²) in [5.74, 6) is 0.594. The number of ether oxygens (including phenoxy) is 1. The standard InChI is InChI=1S/C16H20F3N3O3S/c17-16(18,19)15-14(2-1-5-20-15)26(23,24)21-6-7-22-12(8-21)9-25-10-13(22)11-3-4-11/h1-2,5,11-13H,3-4,6-10H2/t12-,13-/m1/s1. The van der Waals surface area contributed by atoms with E-state index in [1.165, 1.54) is 6.07 Å². The average Bonchev–Trinajstić information content (AvgIpc) is 3.45. The highest BCUT2D eigenvalue weighted by molar-refractivity contribution is 7.89. The molecular weight excluding hydrogens is 371 g/mol. The van der Waals surface area contributed by atoms with Crippen LogP contribution in [0.1, 0.15) is 18.5 Å². The molecule has 4 rings (SSSR count). The Bertz CT molecular complexity index is 782. The smallest absolute Gasteiger partial charge is 0.378 e. The molecule has 26 heavy (non-hydrogen) atoms. The first-order valence-electron chi connectivity index (χ1n) is 8.64. The van der Waals surface area contributed by atoms with Crippen molar-refractivity contribution in [3.8, 4) is 0 Å². The van der Waals surface area contributed by atoms with E-state index in [2.05, 4.69) is 9.88 Å². The topological polar surface area (TPSA) is 62.7 Å². The van der Waals surface area contributed by atoms with E-state index in [0.29, 0.717) is 31.7 Å². The van der Waals surface area contributed by atoms with Gasteiger partial charge < -0.3 is 4.74 Å². The third kappa shape index (κ3) is 3.23. The number of nitrogens with zero attached hydrogens (tertiary/aromatic N) is 3. The number of rotatable bonds is 3. The Morgan fingerprint density at radius 3 is 2.65 bits per heavy atom.